The number of nitrogens with one attached hydrogen (secondary N) is 1. The van der Waals surface area contributed by atoms with Crippen LogP contribution in [-0.4, -0.2) is 92.8 Å². The fraction of sp³-hybridized carbons (Fsp3) is 0.522. The molecule has 35 heavy (non-hydrogen) atoms. The molecular weight excluding hydrogens is 490 g/mol. The number of benzene rings is 1. The Bertz CT molecular complexity index is 1170. The fourth-order valence-corrected chi connectivity index (χ4v) is 6.48. The Labute approximate surface area is 208 Å². The highest BCUT2D eigenvalue weighted by molar-refractivity contribution is 7.92. The van der Waals surface area contributed by atoms with Crippen LogP contribution in [0.3, 0.4) is 0 Å². The summed E-state index contributed by atoms with van der Waals surface area (Å²) < 4.78 is 35.9. The molecule has 0 radical (unpaired) electrons. The number of aromatic nitrogens is 1. The van der Waals surface area contributed by atoms with Gasteiger partial charge in [-0.1, -0.05) is 12.1 Å². The molecule has 2 aliphatic heterocycles. The predicted octanol–water partition coefficient (Wildman–Crippen LogP) is 1.59. The van der Waals surface area contributed by atoms with Crippen molar-refractivity contribution < 1.29 is 22.7 Å². The van der Waals surface area contributed by atoms with E-state index in [0.29, 0.717) is 49.8 Å². The maximum Gasteiger partial charge on any atom is 0.278 e. The van der Waals surface area contributed by atoms with E-state index in [1.807, 2.05) is 0 Å². The van der Waals surface area contributed by atoms with Gasteiger partial charge in [0.05, 0.1) is 49.7 Å². The molecule has 3 aliphatic rings. The van der Waals surface area contributed by atoms with Crippen molar-refractivity contribution in [1.82, 2.24) is 14.9 Å². The molecule has 0 atom stereocenters. The Morgan fingerprint density at radius 1 is 1.06 bits per heavy atom. The lowest BCUT2D eigenvalue weighted by atomic mass is 10.1. The zero-order valence-corrected chi connectivity index (χ0v) is 21.0. The molecule has 1 aromatic heterocycles. The maximum absolute atomic E-state index is 13.3. The third-order valence-corrected chi connectivity index (χ3v) is 9.30. The molecule has 12 heteroatoms. The van der Waals surface area contributed by atoms with E-state index in [1.165, 1.54) is 11.3 Å². The lowest BCUT2D eigenvalue weighted by molar-refractivity contribution is -0.110. The van der Waals surface area contributed by atoms with Crippen LogP contribution in [0.1, 0.15) is 23.3 Å². The summed E-state index contributed by atoms with van der Waals surface area (Å²) in [5.41, 5.74) is 0.765. The summed E-state index contributed by atoms with van der Waals surface area (Å²) in [6, 6.07) is 6.43. The molecule has 188 valence electrons. The van der Waals surface area contributed by atoms with Gasteiger partial charge in [0.15, 0.2) is 20.7 Å². The quantitative estimate of drug-likeness (QED) is 0.523. The number of hydrogen-bond acceptors (Lipinski definition) is 10. The Hall–Kier alpha value is -2.38. The Kier molecular flexibility index (Phi) is 7.44. The molecule has 1 aliphatic carbocycles. The highest BCUT2D eigenvalue weighted by atomic mass is 32.2. The first-order valence-corrected chi connectivity index (χ1v) is 14.2. The number of carbonyl (C=O) groups excluding carboxylic acids is 1. The average Bonchev–Trinajstić information content (AvgIpc) is 3.66. The molecule has 0 bridgehead atoms. The molecule has 2 aromatic rings. The van der Waals surface area contributed by atoms with Gasteiger partial charge in [-0.15, -0.1) is 11.3 Å². The van der Waals surface area contributed by atoms with Crippen LogP contribution in [0.4, 0.5) is 5.13 Å². The molecule has 1 amide bonds. The number of hydrazone groups is 1. The van der Waals surface area contributed by atoms with Crippen LogP contribution < -0.4 is 5.32 Å². The van der Waals surface area contributed by atoms with Crippen LogP contribution >= 0.6 is 11.3 Å². The SMILES string of the molecule is O=C(Nc1ncc(CN2CCOCC2)s1)/C(=N/N1CCOCC1)c1ccc(S(=O)(=O)C2CC2)cc1. The number of morpholine rings is 2. The second-order valence-electron chi connectivity index (χ2n) is 8.76. The van der Waals surface area contributed by atoms with Gasteiger partial charge in [0.2, 0.25) is 0 Å². The van der Waals surface area contributed by atoms with Gasteiger partial charge in [-0.3, -0.25) is 20.0 Å². The minimum absolute atomic E-state index is 0.215. The Morgan fingerprint density at radius 2 is 1.71 bits per heavy atom. The van der Waals surface area contributed by atoms with Crippen molar-refractivity contribution in [3.63, 3.8) is 0 Å². The number of ether oxygens (including phenoxy) is 2. The minimum atomic E-state index is -3.30. The number of nitrogens with zero attached hydrogens (tertiary/aromatic N) is 4. The largest absolute Gasteiger partial charge is 0.379 e. The number of anilines is 1. The van der Waals surface area contributed by atoms with E-state index in [1.54, 1.807) is 35.5 Å². The van der Waals surface area contributed by atoms with Gasteiger partial charge in [-0.25, -0.2) is 13.4 Å². The van der Waals surface area contributed by atoms with Crippen molar-refractivity contribution in [2.24, 2.45) is 5.10 Å². The summed E-state index contributed by atoms with van der Waals surface area (Å²) in [5.74, 6) is -0.387. The maximum atomic E-state index is 13.3. The van der Waals surface area contributed by atoms with Crippen molar-refractivity contribution >= 4 is 37.9 Å². The van der Waals surface area contributed by atoms with E-state index in [2.05, 4.69) is 20.3 Å². The lowest BCUT2D eigenvalue weighted by Crippen LogP contribution is -2.35. The Morgan fingerprint density at radius 3 is 2.37 bits per heavy atom. The van der Waals surface area contributed by atoms with Crippen LogP contribution in [0.5, 0.6) is 0 Å². The van der Waals surface area contributed by atoms with E-state index in [9.17, 15) is 13.2 Å². The molecule has 1 saturated carbocycles. The van der Waals surface area contributed by atoms with E-state index >= 15 is 0 Å². The van der Waals surface area contributed by atoms with Crippen molar-refractivity contribution in [3.8, 4) is 0 Å². The van der Waals surface area contributed by atoms with Gasteiger partial charge in [0, 0.05) is 36.3 Å². The normalized spacial score (nSPS) is 20.1. The second-order valence-corrected chi connectivity index (χ2v) is 12.1. The molecule has 0 unspecified atom stereocenters. The Balaban J connectivity index is 1.33. The lowest BCUT2D eigenvalue weighted by Gasteiger charge is -2.25. The monoisotopic (exact) mass is 519 g/mol. The summed E-state index contributed by atoms with van der Waals surface area (Å²) in [7, 11) is -3.30. The van der Waals surface area contributed by atoms with Gasteiger partial charge in [-0.05, 0) is 25.0 Å². The molecule has 1 N–H and O–H groups in total. The highest BCUT2D eigenvalue weighted by Gasteiger charge is 2.36. The molecular formula is C23H29N5O5S2. The van der Waals surface area contributed by atoms with Crippen LogP contribution in [0.2, 0.25) is 0 Å². The van der Waals surface area contributed by atoms with Crippen LogP contribution in [-0.2, 0) is 30.7 Å². The second kappa shape index (κ2) is 10.7. The molecule has 3 fully saturated rings. The third-order valence-electron chi connectivity index (χ3n) is 6.12. The van der Waals surface area contributed by atoms with Gasteiger partial charge >= 0.3 is 0 Å². The predicted molar refractivity (Wildman–Crippen MR) is 132 cm³/mol. The number of thiazole rings is 1. The van der Waals surface area contributed by atoms with Crippen LogP contribution in [0.25, 0.3) is 0 Å². The number of rotatable bonds is 8. The van der Waals surface area contributed by atoms with Gasteiger partial charge in [-0.2, -0.15) is 5.10 Å². The fourth-order valence-electron chi connectivity index (χ4n) is 3.98. The van der Waals surface area contributed by atoms with E-state index < -0.39 is 9.84 Å². The standard InChI is InChI=1S/C23H29N5O5S2/c29-22(25-23-24-15-18(34-23)16-27-7-11-32-12-8-27)21(26-28-9-13-33-14-10-28)17-1-3-19(4-2-17)35(30,31)20-5-6-20/h1-4,15,20H,5-14,16H2,(H,24,25,29)/b26-21+. The number of amides is 1. The first kappa shape index (κ1) is 24.3. The van der Waals surface area contributed by atoms with Crippen molar-refractivity contribution in [2.45, 2.75) is 29.5 Å². The third kappa shape index (κ3) is 6.07. The van der Waals surface area contributed by atoms with E-state index in [-0.39, 0.29) is 21.8 Å². The van der Waals surface area contributed by atoms with E-state index in [4.69, 9.17) is 9.47 Å². The first-order chi connectivity index (χ1) is 17.0. The number of hydrogen-bond donors (Lipinski definition) is 1. The number of carbonyl (C=O) groups is 1. The highest BCUT2D eigenvalue weighted by Crippen LogP contribution is 2.33. The molecule has 3 heterocycles. The topological polar surface area (TPSA) is 113 Å². The summed E-state index contributed by atoms with van der Waals surface area (Å²) in [4.78, 5) is 21.3. The minimum Gasteiger partial charge on any atom is -0.379 e. The van der Waals surface area contributed by atoms with E-state index in [0.717, 1.165) is 37.7 Å². The smallest absolute Gasteiger partial charge is 0.278 e. The summed E-state index contributed by atoms with van der Waals surface area (Å²) in [6.07, 6.45) is 3.20. The van der Waals surface area contributed by atoms with Gasteiger partial charge in [0.1, 0.15) is 0 Å². The molecule has 10 nitrogen and oxygen atoms in total. The average molecular weight is 520 g/mol. The molecule has 1 aromatic carbocycles. The van der Waals surface area contributed by atoms with Crippen LogP contribution in [0.15, 0.2) is 40.5 Å². The van der Waals surface area contributed by atoms with Crippen molar-refractivity contribution in [3.05, 3.63) is 40.9 Å². The zero-order chi connectivity index (χ0) is 24.3. The summed E-state index contributed by atoms with van der Waals surface area (Å²) >= 11 is 1.44. The van der Waals surface area contributed by atoms with Crippen molar-refractivity contribution in [2.75, 3.05) is 57.9 Å². The number of sulfone groups is 1. The first-order valence-electron chi connectivity index (χ1n) is 11.8. The molecule has 5 rings (SSSR count). The van der Waals surface area contributed by atoms with Crippen LogP contribution in [0, 0.1) is 0 Å². The van der Waals surface area contributed by atoms with Gasteiger partial charge in [0.25, 0.3) is 5.91 Å². The van der Waals surface area contributed by atoms with Gasteiger partial charge < -0.3 is 9.47 Å². The molecule has 0 spiro atoms. The summed E-state index contributed by atoms with van der Waals surface area (Å²) in [5, 5.41) is 9.51. The molecule has 2 saturated heterocycles. The van der Waals surface area contributed by atoms with Crippen molar-refractivity contribution in [1.29, 1.82) is 0 Å². The zero-order valence-electron chi connectivity index (χ0n) is 19.4. The summed E-state index contributed by atoms with van der Waals surface area (Å²) in [6.45, 7) is 6.20.